The summed E-state index contributed by atoms with van der Waals surface area (Å²) in [6.45, 7) is 2.79. The molecule has 0 saturated heterocycles. The molecule has 0 radical (unpaired) electrons. The summed E-state index contributed by atoms with van der Waals surface area (Å²) in [5.74, 6) is -1.51. The van der Waals surface area contributed by atoms with Gasteiger partial charge in [-0.3, -0.25) is 9.59 Å². The molecule has 9 heteroatoms. The number of carbonyl (C=O) groups excluding carboxylic acids is 2. The topological polar surface area (TPSA) is 116 Å². The number of nitrogens with one attached hydrogen (secondary N) is 1. The number of amides is 1. The van der Waals surface area contributed by atoms with Gasteiger partial charge in [0.2, 0.25) is 11.8 Å². The number of anilines is 1. The van der Waals surface area contributed by atoms with E-state index in [4.69, 9.17) is 15.2 Å². The monoisotopic (exact) mass is 424 g/mol. The average molecular weight is 424 g/mol. The van der Waals surface area contributed by atoms with E-state index in [9.17, 15) is 14.4 Å². The van der Waals surface area contributed by atoms with Crippen molar-refractivity contribution < 1.29 is 19.1 Å². The molecule has 3 heterocycles. The van der Waals surface area contributed by atoms with E-state index in [1.54, 1.807) is 41.8 Å². The molecule has 162 valence electrons. The highest BCUT2D eigenvalue weighted by molar-refractivity contribution is 6.17. The fourth-order valence-corrected chi connectivity index (χ4v) is 4.33. The molecule has 0 unspecified atom stereocenters. The maximum atomic E-state index is 13.8. The van der Waals surface area contributed by atoms with Crippen LogP contribution in [0.2, 0.25) is 0 Å². The summed E-state index contributed by atoms with van der Waals surface area (Å²) in [6, 6.07) is 8.57. The Hall–Kier alpha value is -3.59. The van der Waals surface area contributed by atoms with Crippen LogP contribution in [0.25, 0.3) is 0 Å². The highest BCUT2D eigenvalue weighted by atomic mass is 16.5. The van der Waals surface area contributed by atoms with Gasteiger partial charge in [-0.25, -0.2) is 4.79 Å². The number of carbonyl (C=O) groups is 2. The number of aryl methyl sites for hydroxylation is 1. The number of fused-ring (bicyclic) bond motifs is 4. The molecule has 4 rings (SSSR count). The molecule has 1 atom stereocenters. The lowest BCUT2D eigenvalue weighted by Crippen LogP contribution is -2.50. The summed E-state index contributed by atoms with van der Waals surface area (Å²) < 4.78 is 12.2. The number of methoxy groups -OCH3 is 1. The van der Waals surface area contributed by atoms with E-state index in [0.29, 0.717) is 30.0 Å². The van der Waals surface area contributed by atoms with Gasteiger partial charge in [0.25, 0.3) is 5.56 Å². The van der Waals surface area contributed by atoms with Crippen LogP contribution in [0, 0.1) is 6.92 Å². The van der Waals surface area contributed by atoms with E-state index >= 15 is 0 Å². The Morgan fingerprint density at radius 2 is 2.00 bits per heavy atom. The van der Waals surface area contributed by atoms with E-state index in [1.807, 2.05) is 19.0 Å². The van der Waals surface area contributed by atoms with E-state index in [2.05, 4.69) is 5.32 Å². The van der Waals surface area contributed by atoms with Gasteiger partial charge in [-0.2, -0.15) is 0 Å². The van der Waals surface area contributed by atoms with Crippen LogP contribution in [0.5, 0.6) is 5.75 Å². The molecule has 3 N–H and O–H groups in total. The van der Waals surface area contributed by atoms with Crippen molar-refractivity contribution in [2.75, 3.05) is 33.1 Å². The largest absolute Gasteiger partial charge is 0.465 e. The smallest absolute Gasteiger partial charge is 0.340 e. The highest BCUT2D eigenvalue weighted by Gasteiger charge is 2.60. The summed E-state index contributed by atoms with van der Waals surface area (Å²) in [5.41, 5.74) is 5.40. The van der Waals surface area contributed by atoms with Gasteiger partial charge in [0.15, 0.2) is 0 Å². The molecule has 9 nitrogen and oxygen atoms in total. The zero-order valence-corrected chi connectivity index (χ0v) is 17.8. The second-order valence-corrected chi connectivity index (χ2v) is 7.87. The SMILES string of the molecule is COC(=O)C1=C(N)Oc2cc(C)n(CCN(C)C)c(=O)c2[C@@]12C(=O)Nc1ccccc12. The second kappa shape index (κ2) is 7.28. The Balaban J connectivity index is 2.11. The Labute approximate surface area is 179 Å². The maximum absolute atomic E-state index is 13.8. The van der Waals surface area contributed by atoms with E-state index < -0.39 is 22.9 Å². The summed E-state index contributed by atoms with van der Waals surface area (Å²) in [6.07, 6.45) is 0. The second-order valence-electron chi connectivity index (χ2n) is 7.87. The molecule has 1 spiro atoms. The number of nitrogens with zero attached hydrogens (tertiary/aromatic N) is 2. The van der Waals surface area contributed by atoms with Crippen LogP contribution < -0.4 is 21.3 Å². The average Bonchev–Trinajstić information content (AvgIpc) is 2.99. The number of ether oxygens (including phenoxy) is 2. The Bertz CT molecular complexity index is 1200. The molecular formula is C22H24N4O5. The molecule has 2 aliphatic rings. The Kier molecular flexibility index (Phi) is 4.85. The zero-order chi connectivity index (χ0) is 22.5. The van der Waals surface area contributed by atoms with Gasteiger partial charge in [0.05, 0.1) is 12.7 Å². The van der Waals surface area contributed by atoms with E-state index in [1.165, 1.54) is 7.11 Å². The Morgan fingerprint density at radius 3 is 2.68 bits per heavy atom. The summed E-state index contributed by atoms with van der Waals surface area (Å²) in [4.78, 5) is 42.1. The minimum Gasteiger partial charge on any atom is -0.465 e. The number of hydrogen-bond donors (Lipinski definition) is 2. The van der Waals surface area contributed by atoms with Crippen LogP contribution in [0.3, 0.4) is 0 Å². The van der Waals surface area contributed by atoms with Crippen LogP contribution in [-0.2, 0) is 26.3 Å². The third kappa shape index (κ3) is 2.84. The highest BCUT2D eigenvalue weighted by Crippen LogP contribution is 2.52. The quantitative estimate of drug-likeness (QED) is 0.694. The van der Waals surface area contributed by atoms with Gasteiger partial charge < -0.3 is 30.0 Å². The summed E-state index contributed by atoms with van der Waals surface area (Å²) in [5, 5.41) is 2.79. The van der Waals surface area contributed by atoms with Crippen LogP contribution >= 0.6 is 0 Å². The lowest BCUT2D eigenvalue weighted by molar-refractivity contribution is -0.138. The van der Waals surface area contributed by atoms with Crippen molar-refractivity contribution in [1.82, 2.24) is 9.47 Å². The predicted molar refractivity (Wildman–Crippen MR) is 114 cm³/mol. The molecule has 1 aromatic carbocycles. The molecule has 1 aromatic heterocycles. The third-order valence-corrected chi connectivity index (χ3v) is 5.77. The van der Waals surface area contributed by atoms with Gasteiger partial charge in [0, 0.05) is 36.1 Å². The third-order valence-electron chi connectivity index (χ3n) is 5.77. The zero-order valence-electron chi connectivity index (χ0n) is 17.8. The van der Waals surface area contributed by atoms with Crippen LogP contribution in [0.1, 0.15) is 16.8 Å². The fraction of sp³-hybridized carbons (Fsp3) is 0.318. The number of hydrogen-bond acceptors (Lipinski definition) is 7. The summed E-state index contributed by atoms with van der Waals surface area (Å²) in [7, 11) is 5.00. The molecule has 2 aromatic rings. The minimum absolute atomic E-state index is 0.0499. The predicted octanol–water partition coefficient (Wildman–Crippen LogP) is 0.692. The number of rotatable bonds is 4. The number of aromatic nitrogens is 1. The van der Waals surface area contributed by atoms with Crippen molar-refractivity contribution in [3.8, 4) is 5.75 Å². The van der Waals surface area contributed by atoms with Crippen LogP contribution in [0.15, 0.2) is 46.6 Å². The number of benzene rings is 1. The number of esters is 1. The van der Waals surface area contributed by atoms with Crippen molar-refractivity contribution in [2.45, 2.75) is 18.9 Å². The van der Waals surface area contributed by atoms with Crippen molar-refractivity contribution in [1.29, 1.82) is 0 Å². The molecule has 0 aliphatic carbocycles. The van der Waals surface area contributed by atoms with Gasteiger partial charge in [-0.05, 0) is 27.1 Å². The molecule has 0 fully saturated rings. The van der Waals surface area contributed by atoms with Gasteiger partial charge in [0.1, 0.15) is 16.7 Å². The fourth-order valence-electron chi connectivity index (χ4n) is 4.33. The van der Waals surface area contributed by atoms with Crippen molar-refractivity contribution in [2.24, 2.45) is 5.73 Å². The van der Waals surface area contributed by atoms with Crippen LogP contribution in [-0.4, -0.2) is 49.1 Å². The first-order chi connectivity index (χ1) is 14.7. The molecule has 0 bridgehead atoms. The first-order valence-electron chi connectivity index (χ1n) is 9.80. The molecular weight excluding hydrogens is 400 g/mol. The van der Waals surface area contributed by atoms with Crippen molar-refractivity contribution >= 4 is 17.6 Å². The molecule has 31 heavy (non-hydrogen) atoms. The van der Waals surface area contributed by atoms with Gasteiger partial charge in [-0.15, -0.1) is 0 Å². The molecule has 1 amide bonds. The molecule has 0 saturated carbocycles. The van der Waals surface area contributed by atoms with Gasteiger partial charge in [-0.1, -0.05) is 18.2 Å². The number of nitrogens with two attached hydrogens (primary N) is 1. The first kappa shape index (κ1) is 20.7. The normalized spacial score (nSPS) is 19.2. The lowest BCUT2D eigenvalue weighted by atomic mass is 9.68. The van der Waals surface area contributed by atoms with Crippen LogP contribution in [0.4, 0.5) is 5.69 Å². The summed E-state index contributed by atoms with van der Waals surface area (Å²) >= 11 is 0. The van der Waals surface area contributed by atoms with Crippen molar-refractivity contribution in [3.63, 3.8) is 0 Å². The van der Waals surface area contributed by atoms with Gasteiger partial charge >= 0.3 is 5.97 Å². The van der Waals surface area contributed by atoms with E-state index in [-0.39, 0.29) is 22.8 Å². The number of likely N-dealkylation sites (N-methyl/N-ethyl adjacent to an activating group) is 1. The van der Waals surface area contributed by atoms with E-state index in [0.717, 1.165) is 0 Å². The standard InChI is InChI=1S/C22H24N4O5/c1-12-11-15-16(19(27)26(12)10-9-25(2)3)22(17(18(23)31-15)20(28)30-4)13-7-5-6-8-14(13)24-21(22)29/h5-8,11H,9-10,23H2,1-4H3,(H,24,29)/t22-/m1/s1. The van der Waals surface area contributed by atoms with Crippen molar-refractivity contribution in [3.05, 3.63) is 69.0 Å². The maximum Gasteiger partial charge on any atom is 0.340 e. The number of pyridine rings is 1. The minimum atomic E-state index is -1.77. The molecule has 2 aliphatic heterocycles. The first-order valence-corrected chi connectivity index (χ1v) is 9.80. The lowest BCUT2D eigenvalue weighted by Gasteiger charge is -2.35. The Morgan fingerprint density at radius 1 is 1.29 bits per heavy atom. The number of para-hydroxylation sites is 1.